The van der Waals surface area contributed by atoms with E-state index in [4.69, 9.17) is 14.2 Å². The third-order valence-corrected chi connectivity index (χ3v) is 7.68. The molecule has 10 nitrogen and oxygen atoms in total. The fraction of sp³-hybridized carbons (Fsp3) is 0.517. The summed E-state index contributed by atoms with van der Waals surface area (Å²) in [6, 6.07) is 12.1. The van der Waals surface area contributed by atoms with E-state index in [1.165, 1.54) is 6.42 Å². The molecule has 1 saturated carbocycles. The molecule has 0 radical (unpaired) electrons. The first-order valence-electron chi connectivity index (χ1n) is 13.8. The number of amides is 2. The number of nitrogens with one attached hydrogen (secondary N) is 1. The Hall–Kier alpha value is -3.66. The van der Waals surface area contributed by atoms with Gasteiger partial charge < -0.3 is 24.4 Å². The minimum atomic E-state index is -0.877. The number of benzene rings is 2. The Bertz CT molecular complexity index is 1280. The number of hydrogen-bond donors (Lipinski definition) is 1. The van der Waals surface area contributed by atoms with Gasteiger partial charge in [-0.25, -0.2) is 4.68 Å². The van der Waals surface area contributed by atoms with E-state index in [1.54, 1.807) is 35.9 Å². The van der Waals surface area contributed by atoms with E-state index >= 15 is 0 Å². The number of methoxy groups -OCH3 is 2. The number of para-hydroxylation sites is 1. The second-order valence-electron chi connectivity index (χ2n) is 10.3. The summed E-state index contributed by atoms with van der Waals surface area (Å²) in [5, 5.41) is 11.7. The zero-order valence-electron chi connectivity index (χ0n) is 22.7. The molecule has 5 rings (SSSR count). The van der Waals surface area contributed by atoms with Crippen molar-refractivity contribution >= 4 is 22.8 Å². The Morgan fingerprint density at radius 2 is 1.85 bits per heavy atom. The van der Waals surface area contributed by atoms with Gasteiger partial charge in [0.2, 0.25) is 11.8 Å². The van der Waals surface area contributed by atoms with Crippen molar-refractivity contribution in [2.75, 3.05) is 27.4 Å². The van der Waals surface area contributed by atoms with Crippen LogP contribution < -0.4 is 14.8 Å². The summed E-state index contributed by atoms with van der Waals surface area (Å²) >= 11 is 0. The third-order valence-electron chi connectivity index (χ3n) is 7.68. The van der Waals surface area contributed by atoms with Crippen molar-refractivity contribution in [3.05, 3.63) is 48.0 Å². The number of hydrogen-bond acceptors (Lipinski definition) is 7. The molecule has 2 amide bonds. The van der Waals surface area contributed by atoms with Crippen LogP contribution in [0, 0.1) is 0 Å². The van der Waals surface area contributed by atoms with Crippen LogP contribution in [-0.2, 0) is 20.9 Å². The van der Waals surface area contributed by atoms with Gasteiger partial charge in [-0.2, -0.15) is 0 Å². The Kier molecular flexibility index (Phi) is 8.61. The van der Waals surface area contributed by atoms with Crippen molar-refractivity contribution in [2.24, 2.45) is 0 Å². The standard InChI is InChI=1S/C29H37N5O5/c1-37-25-15-14-20(17-26(25)38-2)28(29(36)30-21-9-4-3-5-10-21)33(18-22-11-8-16-39-22)27(35)19-34-24-13-7-6-12-23(24)31-32-34/h6-7,12-15,17,21-22,28H,3-5,8-11,16,18-19H2,1-2H3,(H,30,36)/t22-,28-/m1/s1. The first-order chi connectivity index (χ1) is 19.1. The van der Waals surface area contributed by atoms with Crippen LogP contribution in [-0.4, -0.2) is 71.2 Å². The Morgan fingerprint density at radius 1 is 1.05 bits per heavy atom. The third kappa shape index (κ3) is 6.16. The average Bonchev–Trinajstić information content (AvgIpc) is 3.63. The molecule has 2 heterocycles. The molecule has 1 aromatic heterocycles. The smallest absolute Gasteiger partial charge is 0.247 e. The van der Waals surface area contributed by atoms with Crippen molar-refractivity contribution in [3.8, 4) is 11.5 Å². The summed E-state index contributed by atoms with van der Waals surface area (Å²) in [5.74, 6) is 0.611. The lowest BCUT2D eigenvalue weighted by molar-refractivity contribution is -0.143. The molecule has 0 spiro atoms. The second kappa shape index (κ2) is 12.5. The molecule has 0 bridgehead atoms. The maximum atomic E-state index is 14.1. The van der Waals surface area contributed by atoms with E-state index < -0.39 is 6.04 Å². The molecule has 1 aliphatic heterocycles. The van der Waals surface area contributed by atoms with Crippen LogP contribution in [0.25, 0.3) is 11.0 Å². The van der Waals surface area contributed by atoms with E-state index in [2.05, 4.69) is 15.6 Å². The van der Waals surface area contributed by atoms with Crippen molar-refractivity contribution < 1.29 is 23.8 Å². The van der Waals surface area contributed by atoms with Gasteiger partial charge in [-0.3, -0.25) is 9.59 Å². The van der Waals surface area contributed by atoms with Gasteiger partial charge in [-0.15, -0.1) is 5.10 Å². The maximum Gasteiger partial charge on any atom is 0.247 e. The highest BCUT2D eigenvalue weighted by molar-refractivity contribution is 5.89. The minimum Gasteiger partial charge on any atom is -0.493 e. The van der Waals surface area contributed by atoms with Crippen LogP contribution in [0.4, 0.5) is 0 Å². The van der Waals surface area contributed by atoms with Gasteiger partial charge in [0.15, 0.2) is 11.5 Å². The number of aromatic nitrogens is 3. The molecule has 3 aromatic rings. The number of ether oxygens (including phenoxy) is 3. The summed E-state index contributed by atoms with van der Waals surface area (Å²) in [4.78, 5) is 29.8. The molecular formula is C29H37N5O5. The molecule has 1 N–H and O–H groups in total. The van der Waals surface area contributed by atoms with E-state index in [9.17, 15) is 9.59 Å². The second-order valence-corrected chi connectivity index (χ2v) is 10.3. The van der Waals surface area contributed by atoms with E-state index in [0.29, 0.717) is 35.7 Å². The summed E-state index contributed by atoms with van der Waals surface area (Å²) < 4.78 is 18.5. The number of fused-ring (bicyclic) bond motifs is 1. The fourth-order valence-corrected chi connectivity index (χ4v) is 5.63. The number of rotatable bonds is 10. The lowest BCUT2D eigenvalue weighted by atomic mass is 9.94. The molecular weight excluding hydrogens is 498 g/mol. The van der Waals surface area contributed by atoms with Gasteiger partial charge in [0.1, 0.15) is 18.1 Å². The van der Waals surface area contributed by atoms with E-state index in [0.717, 1.165) is 44.0 Å². The first kappa shape index (κ1) is 26.9. The zero-order chi connectivity index (χ0) is 27.2. The average molecular weight is 536 g/mol. The molecule has 2 aliphatic rings. The number of carbonyl (C=O) groups is 2. The van der Waals surface area contributed by atoms with Crippen molar-refractivity contribution in [1.29, 1.82) is 0 Å². The molecule has 2 fully saturated rings. The minimum absolute atomic E-state index is 0.0479. The highest BCUT2D eigenvalue weighted by Gasteiger charge is 2.36. The molecule has 2 atom stereocenters. The zero-order valence-corrected chi connectivity index (χ0v) is 22.7. The normalized spacial score (nSPS) is 18.6. The Balaban J connectivity index is 1.51. The summed E-state index contributed by atoms with van der Waals surface area (Å²) in [5.41, 5.74) is 2.12. The quantitative estimate of drug-likeness (QED) is 0.422. The SMILES string of the molecule is COc1ccc([C@H](C(=O)NC2CCCCC2)N(C[C@H]2CCCO2)C(=O)Cn2nnc3ccccc32)cc1OC. The number of carbonyl (C=O) groups excluding carboxylic acids is 2. The lowest BCUT2D eigenvalue weighted by Gasteiger charge is -2.35. The van der Waals surface area contributed by atoms with Gasteiger partial charge in [0.05, 0.1) is 25.8 Å². The monoisotopic (exact) mass is 535 g/mol. The van der Waals surface area contributed by atoms with E-state index in [1.807, 2.05) is 30.3 Å². The van der Waals surface area contributed by atoms with Crippen molar-refractivity contribution in [2.45, 2.75) is 69.7 Å². The highest BCUT2D eigenvalue weighted by atomic mass is 16.5. The highest BCUT2D eigenvalue weighted by Crippen LogP contribution is 2.33. The maximum absolute atomic E-state index is 14.1. The van der Waals surface area contributed by atoms with Crippen molar-refractivity contribution in [3.63, 3.8) is 0 Å². The van der Waals surface area contributed by atoms with Crippen LogP contribution in [0.5, 0.6) is 11.5 Å². The van der Waals surface area contributed by atoms with Crippen LogP contribution >= 0.6 is 0 Å². The van der Waals surface area contributed by atoms with Gasteiger partial charge >= 0.3 is 0 Å². The molecule has 39 heavy (non-hydrogen) atoms. The molecule has 208 valence electrons. The molecule has 10 heteroatoms. The van der Waals surface area contributed by atoms with Crippen LogP contribution in [0.1, 0.15) is 56.6 Å². The predicted octanol–water partition coefficient (Wildman–Crippen LogP) is 3.65. The molecule has 0 unspecified atom stereocenters. The van der Waals surface area contributed by atoms with Crippen molar-refractivity contribution in [1.82, 2.24) is 25.2 Å². The van der Waals surface area contributed by atoms with Crippen LogP contribution in [0.15, 0.2) is 42.5 Å². The Morgan fingerprint density at radius 3 is 2.59 bits per heavy atom. The van der Waals surface area contributed by atoms with Gasteiger partial charge in [-0.05, 0) is 55.5 Å². The molecule has 1 saturated heterocycles. The largest absolute Gasteiger partial charge is 0.493 e. The van der Waals surface area contributed by atoms with Gasteiger partial charge in [0.25, 0.3) is 0 Å². The topological polar surface area (TPSA) is 108 Å². The van der Waals surface area contributed by atoms with Crippen LogP contribution in [0.2, 0.25) is 0 Å². The summed E-state index contributed by atoms with van der Waals surface area (Å²) in [6.07, 6.45) is 6.85. The van der Waals surface area contributed by atoms with Gasteiger partial charge in [0, 0.05) is 19.2 Å². The molecule has 2 aromatic carbocycles. The summed E-state index contributed by atoms with van der Waals surface area (Å²) in [6.45, 7) is 0.895. The number of nitrogens with zero attached hydrogens (tertiary/aromatic N) is 4. The Labute approximate surface area is 228 Å². The lowest BCUT2D eigenvalue weighted by Crippen LogP contribution is -2.50. The molecule has 1 aliphatic carbocycles. The fourth-order valence-electron chi connectivity index (χ4n) is 5.63. The van der Waals surface area contributed by atoms with Crippen LogP contribution in [0.3, 0.4) is 0 Å². The van der Waals surface area contributed by atoms with Gasteiger partial charge in [-0.1, -0.05) is 42.7 Å². The van der Waals surface area contributed by atoms with E-state index in [-0.39, 0.29) is 30.5 Å². The first-order valence-corrected chi connectivity index (χ1v) is 13.8. The predicted molar refractivity (Wildman–Crippen MR) is 146 cm³/mol. The summed E-state index contributed by atoms with van der Waals surface area (Å²) in [7, 11) is 3.13.